The smallest absolute Gasteiger partial charge is 0.326 e. The molecule has 6 nitrogen and oxygen atoms in total. The van der Waals surface area contributed by atoms with Crippen LogP contribution in [0.1, 0.15) is 12.0 Å². The molecule has 106 valence electrons. The molecule has 0 aliphatic rings. The third kappa shape index (κ3) is 6.35. The first-order chi connectivity index (χ1) is 8.78. The molecule has 1 aromatic heterocycles. The summed E-state index contributed by atoms with van der Waals surface area (Å²) in [5.74, 6) is -1.94. The summed E-state index contributed by atoms with van der Waals surface area (Å²) >= 11 is 1.44. The van der Waals surface area contributed by atoms with Gasteiger partial charge < -0.3 is 10.4 Å². The van der Waals surface area contributed by atoms with Crippen LogP contribution in [-0.4, -0.2) is 43.5 Å². The van der Waals surface area contributed by atoms with Crippen LogP contribution in [-0.2, 0) is 25.8 Å². The van der Waals surface area contributed by atoms with Gasteiger partial charge in [-0.15, -0.1) is 0 Å². The summed E-state index contributed by atoms with van der Waals surface area (Å²) < 4.78 is 22.0. The number of hydrogen-bond acceptors (Lipinski definition) is 5. The van der Waals surface area contributed by atoms with Crippen LogP contribution in [0, 0.1) is 0 Å². The molecular weight excluding hydrogens is 290 g/mol. The van der Waals surface area contributed by atoms with E-state index < -0.39 is 27.8 Å². The van der Waals surface area contributed by atoms with Crippen LogP contribution in [0.15, 0.2) is 16.8 Å². The Bertz CT molecular complexity index is 535. The van der Waals surface area contributed by atoms with E-state index in [1.807, 2.05) is 5.38 Å². The topological polar surface area (TPSA) is 101 Å². The molecule has 1 unspecified atom stereocenters. The van der Waals surface area contributed by atoms with Gasteiger partial charge in [-0.2, -0.15) is 11.3 Å². The monoisotopic (exact) mass is 305 g/mol. The Morgan fingerprint density at radius 1 is 1.47 bits per heavy atom. The number of aliphatic carboxylic acids is 1. The molecule has 0 radical (unpaired) electrons. The molecule has 0 fully saturated rings. The molecule has 1 aromatic rings. The number of thiophene rings is 1. The first-order valence-electron chi connectivity index (χ1n) is 5.49. The summed E-state index contributed by atoms with van der Waals surface area (Å²) in [7, 11) is -3.25. The highest BCUT2D eigenvalue weighted by molar-refractivity contribution is 7.90. The highest BCUT2D eigenvalue weighted by Gasteiger charge is 2.21. The molecule has 0 saturated heterocycles. The quantitative estimate of drug-likeness (QED) is 0.754. The summed E-state index contributed by atoms with van der Waals surface area (Å²) in [4.78, 5) is 22.6. The predicted octanol–water partition coefficient (Wildman–Crippen LogP) is 0.295. The largest absolute Gasteiger partial charge is 0.480 e. The minimum absolute atomic E-state index is 0.0894. The van der Waals surface area contributed by atoms with Gasteiger partial charge in [-0.3, -0.25) is 4.79 Å². The Balaban J connectivity index is 2.53. The van der Waals surface area contributed by atoms with Gasteiger partial charge in [0.15, 0.2) is 0 Å². The molecule has 1 atom stereocenters. The lowest BCUT2D eigenvalue weighted by molar-refractivity contribution is -0.141. The Morgan fingerprint density at radius 2 is 2.16 bits per heavy atom. The lowest BCUT2D eigenvalue weighted by Crippen LogP contribution is -2.42. The molecule has 0 aliphatic carbocycles. The summed E-state index contributed by atoms with van der Waals surface area (Å²) in [6, 6.07) is 0.595. The van der Waals surface area contributed by atoms with Gasteiger partial charge >= 0.3 is 5.97 Å². The van der Waals surface area contributed by atoms with E-state index in [1.165, 1.54) is 11.3 Å². The van der Waals surface area contributed by atoms with Crippen LogP contribution >= 0.6 is 11.3 Å². The van der Waals surface area contributed by atoms with Gasteiger partial charge in [0.05, 0.1) is 12.2 Å². The van der Waals surface area contributed by atoms with E-state index in [1.54, 1.807) is 11.4 Å². The molecule has 0 spiro atoms. The Labute approximate surface area is 115 Å². The van der Waals surface area contributed by atoms with Gasteiger partial charge in [-0.05, 0) is 28.8 Å². The second-order valence-electron chi connectivity index (χ2n) is 4.19. The van der Waals surface area contributed by atoms with Gasteiger partial charge in [0, 0.05) is 6.26 Å². The molecule has 0 aromatic carbocycles. The maximum absolute atomic E-state index is 11.6. The Morgan fingerprint density at radius 3 is 2.63 bits per heavy atom. The van der Waals surface area contributed by atoms with Gasteiger partial charge in [-0.1, -0.05) is 0 Å². The van der Waals surface area contributed by atoms with Crippen LogP contribution in [0.5, 0.6) is 0 Å². The van der Waals surface area contributed by atoms with Gasteiger partial charge in [0.2, 0.25) is 5.91 Å². The molecule has 1 rings (SSSR count). The zero-order valence-electron chi connectivity index (χ0n) is 10.3. The second-order valence-corrected chi connectivity index (χ2v) is 7.23. The zero-order valence-corrected chi connectivity index (χ0v) is 12.0. The molecule has 19 heavy (non-hydrogen) atoms. The first kappa shape index (κ1) is 15.6. The van der Waals surface area contributed by atoms with E-state index in [4.69, 9.17) is 5.11 Å². The lowest BCUT2D eigenvalue weighted by Gasteiger charge is -2.13. The fourth-order valence-corrected chi connectivity index (χ4v) is 2.75. The normalized spacial score (nSPS) is 12.9. The van der Waals surface area contributed by atoms with Crippen LogP contribution < -0.4 is 5.32 Å². The van der Waals surface area contributed by atoms with E-state index in [0.717, 1.165) is 11.8 Å². The number of nitrogens with one attached hydrogen (secondary N) is 1. The van der Waals surface area contributed by atoms with E-state index in [2.05, 4.69) is 5.32 Å². The van der Waals surface area contributed by atoms with Crippen LogP contribution in [0.2, 0.25) is 0 Å². The van der Waals surface area contributed by atoms with Crippen molar-refractivity contribution in [1.82, 2.24) is 5.32 Å². The summed E-state index contributed by atoms with van der Waals surface area (Å²) in [5.41, 5.74) is 0.801. The minimum Gasteiger partial charge on any atom is -0.480 e. The van der Waals surface area contributed by atoms with Crippen molar-refractivity contribution in [3.63, 3.8) is 0 Å². The summed E-state index contributed by atoms with van der Waals surface area (Å²) in [6.45, 7) is 0. The maximum Gasteiger partial charge on any atom is 0.326 e. The molecule has 1 amide bonds. The Hall–Kier alpha value is -1.41. The fraction of sp³-hybridized carbons (Fsp3) is 0.455. The number of carboxylic acids is 1. The van der Waals surface area contributed by atoms with Gasteiger partial charge in [-0.25, -0.2) is 13.2 Å². The second kappa shape index (κ2) is 6.67. The third-order valence-corrected chi connectivity index (χ3v) is 4.06. The molecule has 0 aliphatic heterocycles. The maximum atomic E-state index is 11.6. The van der Waals surface area contributed by atoms with Gasteiger partial charge in [0.25, 0.3) is 0 Å². The first-order valence-corrected chi connectivity index (χ1v) is 8.49. The van der Waals surface area contributed by atoms with E-state index >= 15 is 0 Å². The molecule has 0 saturated carbocycles. The fourth-order valence-electron chi connectivity index (χ4n) is 1.41. The Kier molecular flexibility index (Phi) is 5.49. The van der Waals surface area contributed by atoms with E-state index in [0.29, 0.717) is 0 Å². The van der Waals surface area contributed by atoms with Crippen molar-refractivity contribution in [2.24, 2.45) is 0 Å². The number of carbonyl (C=O) groups excluding carboxylic acids is 1. The van der Waals surface area contributed by atoms with Gasteiger partial charge in [0.1, 0.15) is 15.9 Å². The van der Waals surface area contributed by atoms with Crippen LogP contribution in [0.4, 0.5) is 0 Å². The molecule has 0 bridgehead atoms. The third-order valence-electron chi connectivity index (χ3n) is 2.36. The number of sulfone groups is 1. The van der Waals surface area contributed by atoms with Crippen molar-refractivity contribution < 1.29 is 23.1 Å². The number of amides is 1. The van der Waals surface area contributed by atoms with E-state index in [-0.39, 0.29) is 18.6 Å². The lowest BCUT2D eigenvalue weighted by atomic mass is 10.2. The number of rotatable bonds is 7. The summed E-state index contributed by atoms with van der Waals surface area (Å²) in [6.07, 6.45) is 0.981. The van der Waals surface area contributed by atoms with Crippen molar-refractivity contribution in [1.29, 1.82) is 0 Å². The van der Waals surface area contributed by atoms with Crippen molar-refractivity contribution >= 4 is 33.1 Å². The predicted molar refractivity (Wildman–Crippen MR) is 71.9 cm³/mol. The van der Waals surface area contributed by atoms with Crippen molar-refractivity contribution in [3.05, 3.63) is 22.4 Å². The SMILES string of the molecule is CS(=O)(=O)CCC(NC(=O)Cc1ccsc1)C(=O)O. The summed E-state index contributed by atoms with van der Waals surface area (Å²) in [5, 5.41) is 14.9. The number of hydrogen-bond donors (Lipinski definition) is 2. The molecule has 2 N–H and O–H groups in total. The zero-order chi connectivity index (χ0) is 14.5. The molecule has 8 heteroatoms. The average Bonchev–Trinajstić information content (AvgIpc) is 2.75. The standard InChI is InChI=1S/C11H15NO5S2/c1-19(16,17)5-3-9(11(14)15)12-10(13)6-8-2-4-18-7-8/h2,4,7,9H,3,5-6H2,1H3,(H,12,13)(H,14,15). The highest BCUT2D eigenvalue weighted by Crippen LogP contribution is 2.07. The number of carbonyl (C=O) groups is 2. The van der Waals surface area contributed by atoms with Crippen molar-refractivity contribution in [2.45, 2.75) is 18.9 Å². The number of carboxylic acid groups (broad SMARTS) is 1. The minimum atomic E-state index is -3.25. The molecule has 1 heterocycles. The average molecular weight is 305 g/mol. The highest BCUT2D eigenvalue weighted by atomic mass is 32.2. The van der Waals surface area contributed by atoms with E-state index in [9.17, 15) is 18.0 Å². The van der Waals surface area contributed by atoms with Crippen molar-refractivity contribution in [3.8, 4) is 0 Å². The molecular formula is C11H15NO5S2. The van der Waals surface area contributed by atoms with Crippen LogP contribution in [0.25, 0.3) is 0 Å². The van der Waals surface area contributed by atoms with Crippen molar-refractivity contribution in [2.75, 3.05) is 12.0 Å². The van der Waals surface area contributed by atoms with Crippen LogP contribution in [0.3, 0.4) is 0 Å².